The zero-order chi connectivity index (χ0) is 19.6. The molecule has 2 rings (SSSR count). The van der Waals surface area contributed by atoms with Crippen molar-refractivity contribution in [3.05, 3.63) is 65.7 Å². The Morgan fingerprint density at radius 3 is 2.37 bits per heavy atom. The third kappa shape index (κ3) is 6.53. The number of hydrogen-bond donors (Lipinski definition) is 1. The maximum absolute atomic E-state index is 12.4. The summed E-state index contributed by atoms with van der Waals surface area (Å²) in [6.45, 7) is 7.73. The lowest BCUT2D eigenvalue weighted by atomic mass is 10.1. The van der Waals surface area contributed by atoms with Crippen LogP contribution in [0.5, 0.6) is 0 Å². The van der Waals surface area contributed by atoms with Crippen LogP contribution in [0.15, 0.2) is 54.6 Å². The van der Waals surface area contributed by atoms with E-state index >= 15 is 0 Å². The van der Waals surface area contributed by atoms with Gasteiger partial charge in [-0.1, -0.05) is 42.5 Å². The molecule has 0 unspecified atom stereocenters. The molecule has 5 nitrogen and oxygen atoms in total. The SMILES string of the molecule is CCOC(=O)c1ccccc1NC(=O)CCN(Cc1ccccc1)C(C)C. The maximum Gasteiger partial charge on any atom is 0.340 e. The predicted octanol–water partition coefficient (Wildman–Crippen LogP) is 4.10. The van der Waals surface area contributed by atoms with Gasteiger partial charge >= 0.3 is 5.97 Å². The summed E-state index contributed by atoms with van der Waals surface area (Å²) in [5.41, 5.74) is 2.08. The summed E-state index contributed by atoms with van der Waals surface area (Å²) in [5, 5.41) is 2.84. The first-order valence-electron chi connectivity index (χ1n) is 9.35. The molecular formula is C22H28N2O3. The zero-order valence-corrected chi connectivity index (χ0v) is 16.3. The van der Waals surface area contributed by atoms with Crippen LogP contribution in [-0.4, -0.2) is 36.0 Å². The first-order valence-corrected chi connectivity index (χ1v) is 9.35. The number of amides is 1. The number of hydrogen-bond acceptors (Lipinski definition) is 4. The van der Waals surface area contributed by atoms with Crippen LogP contribution in [0.2, 0.25) is 0 Å². The zero-order valence-electron chi connectivity index (χ0n) is 16.3. The second kappa shape index (κ2) is 10.5. The molecule has 1 N–H and O–H groups in total. The Balaban J connectivity index is 1.96. The van der Waals surface area contributed by atoms with Crippen LogP contribution in [0.4, 0.5) is 5.69 Å². The van der Waals surface area contributed by atoms with Gasteiger partial charge in [-0.2, -0.15) is 0 Å². The van der Waals surface area contributed by atoms with Crippen LogP contribution in [0.25, 0.3) is 0 Å². The molecule has 0 radical (unpaired) electrons. The fourth-order valence-electron chi connectivity index (χ4n) is 2.77. The Morgan fingerprint density at radius 1 is 1.04 bits per heavy atom. The average Bonchev–Trinajstić information content (AvgIpc) is 2.66. The number of ether oxygens (including phenoxy) is 1. The van der Waals surface area contributed by atoms with Crippen LogP contribution in [-0.2, 0) is 16.1 Å². The summed E-state index contributed by atoms with van der Waals surface area (Å²) in [7, 11) is 0. The minimum absolute atomic E-state index is 0.120. The molecule has 0 bridgehead atoms. The lowest BCUT2D eigenvalue weighted by molar-refractivity contribution is -0.116. The Kier molecular flexibility index (Phi) is 8.01. The molecule has 0 saturated heterocycles. The molecule has 0 fully saturated rings. The van der Waals surface area contributed by atoms with Gasteiger partial charge in [-0.25, -0.2) is 4.79 Å². The van der Waals surface area contributed by atoms with E-state index in [1.807, 2.05) is 18.2 Å². The number of para-hydroxylation sites is 1. The number of anilines is 1. The highest BCUT2D eigenvalue weighted by molar-refractivity contribution is 6.01. The van der Waals surface area contributed by atoms with E-state index in [1.165, 1.54) is 5.56 Å². The molecule has 144 valence electrons. The number of nitrogens with zero attached hydrogens (tertiary/aromatic N) is 1. The Hall–Kier alpha value is -2.66. The van der Waals surface area contributed by atoms with E-state index in [2.05, 4.69) is 36.2 Å². The van der Waals surface area contributed by atoms with Gasteiger partial charge < -0.3 is 10.1 Å². The highest BCUT2D eigenvalue weighted by Crippen LogP contribution is 2.17. The smallest absolute Gasteiger partial charge is 0.340 e. The summed E-state index contributed by atoms with van der Waals surface area (Å²) in [6.07, 6.45) is 0.349. The lowest BCUT2D eigenvalue weighted by Gasteiger charge is -2.26. The molecule has 0 aliphatic rings. The van der Waals surface area contributed by atoms with Crippen molar-refractivity contribution in [1.82, 2.24) is 4.90 Å². The molecule has 0 aromatic heterocycles. The number of carbonyl (C=O) groups excluding carboxylic acids is 2. The molecule has 5 heteroatoms. The predicted molar refractivity (Wildman–Crippen MR) is 108 cm³/mol. The molecule has 0 heterocycles. The van der Waals surface area contributed by atoms with Crippen molar-refractivity contribution in [2.45, 2.75) is 39.8 Å². The maximum atomic E-state index is 12.4. The summed E-state index contributed by atoms with van der Waals surface area (Å²) in [6, 6.07) is 17.5. The van der Waals surface area contributed by atoms with Crippen LogP contribution in [0.3, 0.4) is 0 Å². The Morgan fingerprint density at radius 2 is 1.70 bits per heavy atom. The molecule has 2 aromatic rings. The van der Waals surface area contributed by atoms with Gasteiger partial charge in [0.2, 0.25) is 5.91 Å². The summed E-state index contributed by atoms with van der Waals surface area (Å²) < 4.78 is 5.05. The summed E-state index contributed by atoms with van der Waals surface area (Å²) >= 11 is 0. The Labute approximate surface area is 161 Å². The summed E-state index contributed by atoms with van der Waals surface area (Å²) in [4.78, 5) is 26.7. The topological polar surface area (TPSA) is 58.6 Å². The van der Waals surface area contributed by atoms with Gasteiger partial charge in [0.05, 0.1) is 17.9 Å². The molecule has 0 aliphatic heterocycles. The second-order valence-electron chi connectivity index (χ2n) is 6.61. The van der Waals surface area contributed by atoms with Crippen molar-refractivity contribution in [1.29, 1.82) is 0 Å². The third-order valence-electron chi connectivity index (χ3n) is 4.28. The fourth-order valence-corrected chi connectivity index (χ4v) is 2.77. The van der Waals surface area contributed by atoms with Gasteiger partial charge in [0, 0.05) is 25.6 Å². The number of esters is 1. The summed E-state index contributed by atoms with van der Waals surface area (Å²) in [5.74, 6) is -0.549. The average molecular weight is 368 g/mol. The van der Waals surface area contributed by atoms with Gasteiger partial charge in [0.15, 0.2) is 0 Å². The normalized spacial score (nSPS) is 10.9. The molecule has 0 aliphatic carbocycles. The van der Waals surface area contributed by atoms with Crippen LogP contribution >= 0.6 is 0 Å². The van der Waals surface area contributed by atoms with Crippen molar-refractivity contribution in [2.24, 2.45) is 0 Å². The van der Waals surface area contributed by atoms with E-state index < -0.39 is 5.97 Å². The van der Waals surface area contributed by atoms with Crippen LogP contribution in [0, 0.1) is 0 Å². The fraction of sp³-hybridized carbons (Fsp3) is 0.364. The highest BCUT2D eigenvalue weighted by Gasteiger charge is 2.16. The molecular weight excluding hydrogens is 340 g/mol. The van der Waals surface area contributed by atoms with Gasteiger partial charge in [-0.15, -0.1) is 0 Å². The standard InChI is InChI=1S/C22H28N2O3/c1-4-27-22(26)19-12-8-9-13-20(19)23-21(25)14-15-24(17(2)3)16-18-10-6-5-7-11-18/h5-13,17H,4,14-16H2,1-3H3,(H,23,25). The number of carbonyl (C=O) groups is 2. The largest absolute Gasteiger partial charge is 0.462 e. The van der Waals surface area contributed by atoms with Crippen LogP contribution < -0.4 is 5.32 Å². The van der Waals surface area contributed by atoms with Crippen molar-refractivity contribution >= 4 is 17.6 Å². The van der Waals surface area contributed by atoms with E-state index in [0.29, 0.717) is 36.9 Å². The molecule has 0 saturated carbocycles. The van der Waals surface area contributed by atoms with E-state index in [1.54, 1.807) is 31.2 Å². The van der Waals surface area contributed by atoms with E-state index in [0.717, 1.165) is 6.54 Å². The van der Waals surface area contributed by atoms with E-state index in [-0.39, 0.29) is 5.91 Å². The molecule has 2 aromatic carbocycles. The number of rotatable bonds is 9. The first-order chi connectivity index (χ1) is 13.0. The minimum Gasteiger partial charge on any atom is -0.462 e. The van der Waals surface area contributed by atoms with Crippen LogP contribution in [0.1, 0.15) is 43.1 Å². The quantitative estimate of drug-likeness (QED) is 0.677. The minimum atomic E-state index is -0.429. The monoisotopic (exact) mass is 368 g/mol. The van der Waals surface area contributed by atoms with E-state index in [4.69, 9.17) is 4.74 Å². The van der Waals surface area contributed by atoms with Gasteiger partial charge in [-0.3, -0.25) is 9.69 Å². The van der Waals surface area contributed by atoms with Crippen molar-refractivity contribution in [2.75, 3.05) is 18.5 Å². The van der Waals surface area contributed by atoms with Gasteiger partial charge in [-0.05, 0) is 38.5 Å². The van der Waals surface area contributed by atoms with Gasteiger partial charge in [0.25, 0.3) is 0 Å². The second-order valence-corrected chi connectivity index (χ2v) is 6.61. The lowest BCUT2D eigenvalue weighted by Crippen LogP contribution is -2.33. The highest BCUT2D eigenvalue weighted by atomic mass is 16.5. The third-order valence-corrected chi connectivity index (χ3v) is 4.28. The Bertz CT molecular complexity index is 744. The van der Waals surface area contributed by atoms with Crippen molar-refractivity contribution in [3.8, 4) is 0 Å². The molecule has 1 amide bonds. The molecule has 0 atom stereocenters. The number of nitrogens with one attached hydrogen (secondary N) is 1. The molecule has 0 spiro atoms. The molecule has 27 heavy (non-hydrogen) atoms. The van der Waals surface area contributed by atoms with Crippen molar-refractivity contribution < 1.29 is 14.3 Å². The van der Waals surface area contributed by atoms with E-state index in [9.17, 15) is 9.59 Å². The van der Waals surface area contributed by atoms with Crippen molar-refractivity contribution in [3.63, 3.8) is 0 Å². The number of benzene rings is 2. The van der Waals surface area contributed by atoms with Gasteiger partial charge in [0.1, 0.15) is 0 Å². The first kappa shape index (κ1) is 20.6.